The maximum atomic E-state index is 12.8. The zero-order chi connectivity index (χ0) is 21.4. The van der Waals surface area contributed by atoms with Gasteiger partial charge in [-0.25, -0.2) is 13.1 Å². The molecule has 158 valence electrons. The Labute approximate surface area is 171 Å². The van der Waals surface area contributed by atoms with Gasteiger partial charge in [-0.3, -0.25) is 10.1 Å². The van der Waals surface area contributed by atoms with Crippen LogP contribution in [0.2, 0.25) is 0 Å². The molecule has 0 aliphatic heterocycles. The van der Waals surface area contributed by atoms with E-state index >= 15 is 0 Å². The Bertz CT molecular complexity index is 933. The van der Waals surface area contributed by atoms with Crippen molar-refractivity contribution in [1.29, 1.82) is 0 Å². The Morgan fingerprint density at radius 1 is 1.21 bits per heavy atom. The molecule has 2 aromatic carbocycles. The predicted molar refractivity (Wildman–Crippen MR) is 113 cm³/mol. The van der Waals surface area contributed by atoms with E-state index in [-0.39, 0.29) is 29.7 Å². The van der Waals surface area contributed by atoms with Crippen molar-refractivity contribution in [3.05, 3.63) is 63.7 Å². The number of aliphatic hydroxyl groups excluding tert-OH is 1. The largest absolute Gasteiger partial charge is 0.396 e. The molecule has 0 bridgehead atoms. The van der Waals surface area contributed by atoms with Gasteiger partial charge >= 0.3 is 0 Å². The first-order valence-corrected chi connectivity index (χ1v) is 10.9. The predicted octanol–water partition coefficient (Wildman–Crippen LogP) is 2.85. The van der Waals surface area contributed by atoms with E-state index in [4.69, 9.17) is 0 Å². The summed E-state index contributed by atoms with van der Waals surface area (Å²) in [5.41, 5.74) is 1.41. The highest BCUT2D eigenvalue weighted by Crippen LogP contribution is 2.30. The van der Waals surface area contributed by atoms with Gasteiger partial charge in [0.25, 0.3) is 5.69 Å². The van der Waals surface area contributed by atoms with Crippen molar-refractivity contribution in [2.24, 2.45) is 5.92 Å². The number of anilines is 1. The van der Waals surface area contributed by atoms with Crippen LogP contribution in [0.5, 0.6) is 0 Å². The first kappa shape index (κ1) is 22.8. The molecule has 0 aliphatic rings. The zero-order valence-electron chi connectivity index (χ0n) is 16.6. The van der Waals surface area contributed by atoms with Gasteiger partial charge in [0.05, 0.1) is 9.82 Å². The molecule has 0 radical (unpaired) electrons. The van der Waals surface area contributed by atoms with Crippen LogP contribution in [0.1, 0.15) is 24.5 Å². The summed E-state index contributed by atoms with van der Waals surface area (Å²) in [7, 11) is -3.98. The maximum absolute atomic E-state index is 12.8. The van der Waals surface area contributed by atoms with Gasteiger partial charge in [0.2, 0.25) is 10.0 Å². The summed E-state index contributed by atoms with van der Waals surface area (Å²) < 4.78 is 28.1. The normalized spacial score (nSPS) is 12.5. The monoisotopic (exact) mass is 421 g/mol. The zero-order valence-corrected chi connectivity index (χ0v) is 17.4. The Balaban J connectivity index is 2.21. The number of nitrogens with one attached hydrogen (secondary N) is 2. The molecule has 0 saturated heterocycles. The second-order valence-electron chi connectivity index (χ2n) is 6.91. The van der Waals surface area contributed by atoms with Gasteiger partial charge in [0.1, 0.15) is 5.69 Å². The maximum Gasteiger partial charge on any atom is 0.293 e. The van der Waals surface area contributed by atoms with Gasteiger partial charge in [0, 0.05) is 25.8 Å². The highest BCUT2D eigenvalue weighted by atomic mass is 32.2. The first-order valence-electron chi connectivity index (χ1n) is 9.45. The molecule has 0 heterocycles. The van der Waals surface area contributed by atoms with E-state index in [0.717, 1.165) is 18.1 Å². The third kappa shape index (κ3) is 6.25. The third-order valence-corrected chi connectivity index (χ3v) is 6.10. The first-order chi connectivity index (χ1) is 13.8. The summed E-state index contributed by atoms with van der Waals surface area (Å²) in [5, 5.41) is 24.0. The molecular weight excluding hydrogens is 394 g/mol. The summed E-state index contributed by atoms with van der Waals surface area (Å²) in [6.07, 6.45) is 1.29. The summed E-state index contributed by atoms with van der Waals surface area (Å²) in [6, 6.07) is 12.0. The number of aryl methyl sites for hydroxylation is 1. The van der Waals surface area contributed by atoms with Crippen LogP contribution in [0, 0.1) is 23.0 Å². The van der Waals surface area contributed by atoms with Crippen molar-refractivity contribution < 1.29 is 18.4 Å². The van der Waals surface area contributed by atoms with E-state index in [2.05, 4.69) is 10.0 Å². The minimum atomic E-state index is -3.98. The second kappa shape index (κ2) is 10.3. The molecule has 0 amide bonds. The number of hydrogen-bond donors (Lipinski definition) is 3. The fourth-order valence-corrected chi connectivity index (χ4v) is 4.33. The Kier molecular flexibility index (Phi) is 8.12. The Morgan fingerprint density at radius 2 is 1.90 bits per heavy atom. The van der Waals surface area contributed by atoms with Gasteiger partial charge < -0.3 is 10.4 Å². The molecule has 9 heteroatoms. The van der Waals surface area contributed by atoms with Crippen LogP contribution in [-0.4, -0.2) is 38.1 Å². The van der Waals surface area contributed by atoms with Gasteiger partial charge in [-0.2, -0.15) is 0 Å². The fourth-order valence-electron chi connectivity index (χ4n) is 2.97. The van der Waals surface area contributed by atoms with E-state index in [1.54, 1.807) is 6.92 Å². The van der Waals surface area contributed by atoms with Crippen LogP contribution in [0.4, 0.5) is 11.4 Å². The fraction of sp³-hybridized carbons (Fsp3) is 0.400. The van der Waals surface area contributed by atoms with E-state index < -0.39 is 14.9 Å². The number of rotatable bonds is 11. The van der Waals surface area contributed by atoms with Crippen molar-refractivity contribution in [1.82, 2.24) is 4.72 Å². The third-order valence-electron chi connectivity index (χ3n) is 4.53. The van der Waals surface area contributed by atoms with E-state index in [1.165, 1.54) is 6.07 Å². The Hall–Kier alpha value is -2.49. The second-order valence-corrected chi connectivity index (χ2v) is 8.64. The molecule has 3 N–H and O–H groups in total. The molecule has 8 nitrogen and oxygen atoms in total. The molecule has 0 aliphatic carbocycles. The molecule has 0 saturated carbocycles. The SMILES string of the molecule is CCCNc1cc(C)c(S(=O)(=O)NCC(CO)Cc2ccccc2)cc1[N+](=O)[O-]. The number of aliphatic hydroxyl groups is 1. The summed E-state index contributed by atoms with van der Waals surface area (Å²) >= 11 is 0. The summed E-state index contributed by atoms with van der Waals surface area (Å²) in [5.74, 6) is -0.312. The van der Waals surface area contributed by atoms with Crippen molar-refractivity contribution >= 4 is 21.4 Å². The average molecular weight is 422 g/mol. The standard InChI is InChI=1S/C20H27N3O5S/c1-3-9-21-18-10-15(2)20(12-19(18)23(25)26)29(27,28)22-13-17(14-24)11-16-7-5-4-6-8-16/h4-8,10,12,17,21-22,24H,3,9,11,13-14H2,1-2H3. The lowest BCUT2D eigenvalue weighted by Crippen LogP contribution is -2.32. The molecule has 0 aromatic heterocycles. The molecule has 2 rings (SSSR count). The number of nitro benzene ring substituents is 1. The molecule has 0 fully saturated rings. The van der Waals surface area contributed by atoms with Crippen LogP contribution in [0.25, 0.3) is 0 Å². The van der Waals surface area contributed by atoms with Crippen molar-refractivity contribution in [2.45, 2.75) is 31.6 Å². The molecule has 29 heavy (non-hydrogen) atoms. The molecule has 0 spiro atoms. The van der Waals surface area contributed by atoms with Crippen molar-refractivity contribution in [2.75, 3.05) is 25.0 Å². The lowest BCUT2D eigenvalue weighted by Gasteiger charge is -2.17. The smallest absolute Gasteiger partial charge is 0.293 e. The number of nitrogens with zero attached hydrogens (tertiary/aromatic N) is 1. The van der Waals surface area contributed by atoms with E-state index in [1.807, 2.05) is 37.3 Å². The topological polar surface area (TPSA) is 122 Å². The lowest BCUT2D eigenvalue weighted by atomic mass is 10.0. The lowest BCUT2D eigenvalue weighted by molar-refractivity contribution is -0.384. The van der Waals surface area contributed by atoms with Crippen LogP contribution in [-0.2, 0) is 16.4 Å². The van der Waals surface area contributed by atoms with Gasteiger partial charge in [-0.15, -0.1) is 0 Å². The van der Waals surface area contributed by atoms with Crippen molar-refractivity contribution in [3.63, 3.8) is 0 Å². The molecule has 1 atom stereocenters. The Morgan fingerprint density at radius 3 is 2.48 bits per heavy atom. The van der Waals surface area contributed by atoms with Crippen molar-refractivity contribution in [3.8, 4) is 0 Å². The van der Waals surface area contributed by atoms with E-state index in [9.17, 15) is 23.6 Å². The molecular formula is C20H27N3O5S. The highest BCUT2D eigenvalue weighted by Gasteiger charge is 2.25. The summed E-state index contributed by atoms with van der Waals surface area (Å²) in [4.78, 5) is 10.7. The summed E-state index contributed by atoms with van der Waals surface area (Å²) in [6.45, 7) is 3.92. The van der Waals surface area contributed by atoms with Crippen LogP contribution >= 0.6 is 0 Å². The number of sulfonamides is 1. The molecule has 1 unspecified atom stereocenters. The van der Waals surface area contributed by atoms with Crippen LogP contribution in [0.3, 0.4) is 0 Å². The highest BCUT2D eigenvalue weighted by molar-refractivity contribution is 7.89. The quantitative estimate of drug-likeness (QED) is 0.379. The van der Waals surface area contributed by atoms with Crippen LogP contribution in [0.15, 0.2) is 47.4 Å². The number of hydrogen-bond acceptors (Lipinski definition) is 6. The van der Waals surface area contributed by atoms with E-state index in [0.29, 0.717) is 24.2 Å². The number of benzene rings is 2. The number of nitro groups is 1. The minimum Gasteiger partial charge on any atom is -0.396 e. The minimum absolute atomic E-state index is 0.0246. The van der Waals surface area contributed by atoms with Gasteiger partial charge in [0.15, 0.2) is 0 Å². The van der Waals surface area contributed by atoms with Crippen LogP contribution < -0.4 is 10.0 Å². The average Bonchev–Trinajstić information content (AvgIpc) is 2.69. The van der Waals surface area contributed by atoms with Gasteiger partial charge in [-0.05, 0) is 42.9 Å². The molecule has 2 aromatic rings. The van der Waals surface area contributed by atoms with Gasteiger partial charge in [-0.1, -0.05) is 37.3 Å².